The van der Waals surface area contributed by atoms with Gasteiger partial charge in [0.1, 0.15) is 11.9 Å². The lowest BCUT2D eigenvalue weighted by Gasteiger charge is -2.45. The maximum absolute atomic E-state index is 13.4. The van der Waals surface area contributed by atoms with E-state index in [9.17, 15) is 23.1 Å². The van der Waals surface area contributed by atoms with Crippen LogP contribution in [0.1, 0.15) is 17.2 Å². The number of ether oxygens (including phenoxy) is 3. The summed E-state index contributed by atoms with van der Waals surface area (Å²) in [6, 6.07) is 4.57. The van der Waals surface area contributed by atoms with Gasteiger partial charge in [-0.2, -0.15) is 13.2 Å². The summed E-state index contributed by atoms with van der Waals surface area (Å²) < 4.78 is 54.7. The molecule has 22 heavy (non-hydrogen) atoms. The van der Waals surface area contributed by atoms with Crippen molar-refractivity contribution in [3.63, 3.8) is 0 Å². The molecule has 8 heteroatoms. The summed E-state index contributed by atoms with van der Waals surface area (Å²) in [6.45, 7) is 0.141. The van der Waals surface area contributed by atoms with Gasteiger partial charge in [0.15, 0.2) is 5.92 Å². The van der Waals surface area contributed by atoms with Crippen LogP contribution in [0.4, 0.5) is 13.2 Å². The van der Waals surface area contributed by atoms with E-state index < -0.39 is 30.0 Å². The van der Waals surface area contributed by atoms with Crippen molar-refractivity contribution in [1.82, 2.24) is 0 Å². The number of rotatable bonds is 1. The Kier molecular flexibility index (Phi) is 3.33. The van der Waals surface area contributed by atoms with Crippen molar-refractivity contribution in [1.29, 1.82) is 0 Å². The van der Waals surface area contributed by atoms with Crippen LogP contribution in [-0.2, 0) is 20.7 Å². The van der Waals surface area contributed by atoms with E-state index in [1.54, 1.807) is 6.07 Å². The molecule has 0 saturated carbocycles. The van der Waals surface area contributed by atoms with E-state index in [4.69, 9.17) is 9.47 Å². The van der Waals surface area contributed by atoms with Crippen molar-refractivity contribution in [3.8, 4) is 5.75 Å². The van der Waals surface area contributed by atoms with Crippen LogP contribution in [0.3, 0.4) is 0 Å². The highest BCUT2D eigenvalue weighted by atomic mass is 19.4. The van der Waals surface area contributed by atoms with E-state index in [1.807, 2.05) is 0 Å². The van der Waals surface area contributed by atoms with E-state index in [-0.39, 0.29) is 12.4 Å². The van der Waals surface area contributed by atoms with Crippen LogP contribution in [0.25, 0.3) is 0 Å². The highest BCUT2D eigenvalue weighted by Gasteiger charge is 2.69. The number of carbonyl (C=O) groups is 1. The molecule has 0 saturated heterocycles. The molecular formula is C14H13F3O5. The van der Waals surface area contributed by atoms with Crippen molar-refractivity contribution in [3.05, 3.63) is 29.3 Å². The Morgan fingerprint density at radius 2 is 2.18 bits per heavy atom. The van der Waals surface area contributed by atoms with Gasteiger partial charge in [0.2, 0.25) is 0 Å². The summed E-state index contributed by atoms with van der Waals surface area (Å²) in [7, 11) is 0.948. The summed E-state index contributed by atoms with van der Waals surface area (Å²) in [5.41, 5.74) is 1.09. The zero-order chi connectivity index (χ0) is 16.1. The monoisotopic (exact) mass is 318 g/mol. The third kappa shape index (κ3) is 1.98. The van der Waals surface area contributed by atoms with E-state index >= 15 is 0 Å². The highest BCUT2D eigenvalue weighted by molar-refractivity contribution is 5.76. The summed E-state index contributed by atoms with van der Waals surface area (Å²) in [5, 5.41) is 10.1. The van der Waals surface area contributed by atoms with Crippen LogP contribution in [0.15, 0.2) is 18.2 Å². The van der Waals surface area contributed by atoms with Crippen molar-refractivity contribution in [2.45, 2.75) is 24.5 Å². The Labute approximate surface area is 123 Å². The first-order chi connectivity index (χ1) is 10.3. The molecule has 2 heterocycles. The second-order valence-corrected chi connectivity index (χ2v) is 5.17. The van der Waals surface area contributed by atoms with Crippen molar-refractivity contribution < 1.29 is 37.3 Å². The molecule has 0 radical (unpaired) electrons. The predicted molar refractivity (Wildman–Crippen MR) is 66.0 cm³/mol. The summed E-state index contributed by atoms with van der Waals surface area (Å²) in [4.78, 5) is 11.9. The van der Waals surface area contributed by atoms with Gasteiger partial charge >= 0.3 is 17.9 Å². The smallest absolute Gasteiger partial charge is 0.456 e. The summed E-state index contributed by atoms with van der Waals surface area (Å²) in [6.07, 6.45) is -5.98. The number of esters is 1. The molecule has 0 bridgehead atoms. The molecule has 2 aliphatic heterocycles. The number of carbonyl (C=O) groups excluding carboxylic acids is 1. The van der Waals surface area contributed by atoms with E-state index in [0.717, 1.165) is 12.7 Å². The van der Waals surface area contributed by atoms with Crippen molar-refractivity contribution >= 4 is 5.97 Å². The standard InChI is InChI=1S/C14H13F3O5/c1-20-12(18)10-11-9-7(5-6-21-11)3-2-4-8(9)22-13(10,19)14(15,16)17/h2-4,10-11,19H,5-6H2,1H3/t10-,11-,13+/m1/s1. The molecule has 5 nitrogen and oxygen atoms in total. The van der Waals surface area contributed by atoms with E-state index in [2.05, 4.69) is 4.74 Å². The molecular weight excluding hydrogens is 305 g/mol. The van der Waals surface area contributed by atoms with Gasteiger partial charge in [0, 0.05) is 5.56 Å². The van der Waals surface area contributed by atoms with Gasteiger partial charge in [-0.05, 0) is 18.1 Å². The first-order valence-corrected chi connectivity index (χ1v) is 6.59. The SMILES string of the molecule is COC(=O)[C@H]1[C@@H]2OCCc3cccc(c32)O[C@]1(O)C(F)(F)F. The van der Waals surface area contributed by atoms with Gasteiger partial charge < -0.3 is 19.3 Å². The normalized spacial score (nSPS) is 30.2. The average Bonchev–Trinajstić information content (AvgIpc) is 2.46. The van der Waals surface area contributed by atoms with Crippen LogP contribution >= 0.6 is 0 Å². The fraction of sp³-hybridized carbons (Fsp3) is 0.500. The lowest BCUT2D eigenvalue weighted by atomic mass is 9.81. The second kappa shape index (κ2) is 4.85. The molecule has 3 rings (SSSR count). The van der Waals surface area contributed by atoms with Gasteiger partial charge in [0.05, 0.1) is 13.7 Å². The van der Waals surface area contributed by atoms with Gasteiger partial charge in [-0.15, -0.1) is 0 Å². The number of hydrogen-bond donors (Lipinski definition) is 1. The molecule has 1 aromatic carbocycles. The fourth-order valence-electron chi connectivity index (χ4n) is 2.94. The molecule has 3 atom stereocenters. The lowest BCUT2D eigenvalue weighted by Crippen LogP contribution is -2.62. The van der Waals surface area contributed by atoms with Crippen LogP contribution in [0, 0.1) is 5.92 Å². The number of benzene rings is 1. The second-order valence-electron chi connectivity index (χ2n) is 5.17. The summed E-state index contributed by atoms with van der Waals surface area (Å²) >= 11 is 0. The van der Waals surface area contributed by atoms with Crippen molar-refractivity contribution in [2.24, 2.45) is 5.92 Å². The number of hydrogen-bond acceptors (Lipinski definition) is 5. The number of aliphatic hydroxyl groups is 1. The molecule has 2 aliphatic rings. The third-order valence-electron chi connectivity index (χ3n) is 3.96. The number of methoxy groups -OCH3 is 1. The Bertz CT molecular complexity index is 615. The summed E-state index contributed by atoms with van der Waals surface area (Å²) in [5.74, 6) is -7.13. The molecule has 120 valence electrons. The number of halogens is 3. The molecule has 0 amide bonds. The Balaban J connectivity index is 2.21. The van der Waals surface area contributed by atoms with Crippen LogP contribution in [0.5, 0.6) is 5.75 Å². The van der Waals surface area contributed by atoms with Gasteiger partial charge in [-0.1, -0.05) is 12.1 Å². The van der Waals surface area contributed by atoms with Crippen molar-refractivity contribution in [2.75, 3.05) is 13.7 Å². The Hall–Kier alpha value is -1.80. The van der Waals surface area contributed by atoms with E-state index in [0.29, 0.717) is 12.0 Å². The molecule has 0 aliphatic carbocycles. The minimum Gasteiger partial charge on any atom is -0.469 e. The molecule has 0 aromatic heterocycles. The Morgan fingerprint density at radius 3 is 2.82 bits per heavy atom. The topological polar surface area (TPSA) is 65.0 Å². The van der Waals surface area contributed by atoms with Gasteiger partial charge in [-0.25, -0.2) is 0 Å². The van der Waals surface area contributed by atoms with Gasteiger partial charge in [0.25, 0.3) is 0 Å². The maximum atomic E-state index is 13.4. The van der Waals surface area contributed by atoms with Crippen LogP contribution in [0.2, 0.25) is 0 Å². The zero-order valence-electron chi connectivity index (χ0n) is 11.5. The molecule has 0 unspecified atom stereocenters. The third-order valence-corrected chi connectivity index (χ3v) is 3.96. The first kappa shape index (κ1) is 15.1. The minimum absolute atomic E-state index is 0.137. The molecule has 0 fully saturated rings. The maximum Gasteiger partial charge on any atom is 0.456 e. The molecule has 1 aromatic rings. The zero-order valence-corrected chi connectivity index (χ0v) is 11.5. The molecule has 0 spiro atoms. The average molecular weight is 318 g/mol. The van der Waals surface area contributed by atoms with Crippen LogP contribution in [-0.4, -0.2) is 36.8 Å². The largest absolute Gasteiger partial charge is 0.469 e. The predicted octanol–water partition coefficient (Wildman–Crippen LogP) is 1.73. The van der Waals surface area contributed by atoms with Gasteiger partial charge in [-0.3, -0.25) is 4.79 Å². The quantitative estimate of drug-likeness (QED) is 0.799. The van der Waals surface area contributed by atoms with Crippen LogP contribution < -0.4 is 4.74 Å². The lowest BCUT2D eigenvalue weighted by molar-refractivity contribution is -0.368. The highest BCUT2D eigenvalue weighted by Crippen LogP contribution is 2.53. The number of alkyl halides is 3. The van der Waals surface area contributed by atoms with E-state index in [1.165, 1.54) is 12.1 Å². The minimum atomic E-state index is -5.19. The fourth-order valence-corrected chi connectivity index (χ4v) is 2.94. The first-order valence-electron chi connectivity index (χ1n) is 6.59. The Morgan fingerprint density at radius 1 is 1.45 bits per heavy atom. The molecule has 1 N–H and O–H groups in total.